The van der Waals surface area contributed by atoms with E-state index in [-0.39, 0.29) is 6.61 Å². The van der Waals surface area contributed by atoms with Crippen molar-refractivity contribution in [3.8, 4) is 0 Å². The van der Waals surface area contributed by atoms with Gasteiger partial charge in [-0.1, -0.05) is 12.8 Å². The average Bonchev–Trinajstić information content (AvgIpc) is 1.95. The van der Waals surface area contributed by atoms with E-state index in [2.05, 4.69) is 17.7 Å². The van der Waals surface area contributed by atoms with Gasteiger partial charge < -0.3 is 5.11 Å². The van der Waals surface area contributed by atoms with Gasteiger partial charge in [0.25, 0.3) is 0 Å². The van der Waals surface area contributed by atoms with E-state index in [4.69, 9.17) is 5.11 Å². The third kappa shape index (κ3) is 2.46. The average molecular weight is 162 g/mol. The summed E-state index contributed by atoms with van der Waals surface area (Å²) in [7, 11) is 0. The van der Waals surface area contributed by atoms with Crippen LogP contribution in [0, 0.1) is 0 Å². The highest BCUT2D eigenvalue weighted by Gasteiger charge is 2.12. The van der Waals surface area contributed by atoms with E-state index < -0.39 is 0 Å². The third-order valence-corrected chi connectivity index (χ3v) is 2.16. The highest BCUT2D eigenvalue weighted by atomic mass is 32.1. The minimum absolute atomic E-state index is 0.270. The Hall–Kier alpha value is 0.230. The first-order valence-corrected chi connectivity index (χ1v) is 4.00. The SMILES string of the molecule is OCCN1CCN(S)CC1. The fourth-order valence-electron chi connectivity index (χ4n) is 1.10. The number of hydrogen-bond donors (Lipinski definition) is 2. The normalized spacial score (nSPS) is 23.4. The molecule has 1 N–H and O–H groups in total. The van der Waals surface area contributed by atoms with Gasteiger partial charge in [0, 0.05) is 32.7 Å². The first-order valence-electron chi connectivity index (χ1n) is 3.60. The predicted octanol–water partition coefficient (Wildman–Crippen LogP) is -0.559. The molecule has 0 aromatic rings. The quantitative estimate of drug-likeness (QED) is 0.533. The first-order chi connectivity index (χ1) is 4.83. The molecule has 0 atom stereocenters. The summed E-state index contributed by atoms with van der Waals surface area (Å²) in [6, 6.07) is 0. The zero-order chi connectivity index (χ0) is 7.40. The molecule has 60 valence electrons. The van der Waals surface area contributed by atoms with Crippen molar-refractivity contribution in [2.75, 3.05) is 39.3 Å². The maximum Gasteiger partial charge on any atom is 0.0558 e. The lowest BCUT2D eigenvalue weighted by Gasteiger charge is -2.30. The molecule has 3 nitrogen and oxygen atoms in total. The number of piperazine rings is 1. The summed E-state index contributed by atoms with van der Waals surface area (Å²) < 4.78 is 2.01. The molecule has 4 heteroatoms. The van der Waals surface area contributed by atoms with Crippen LogP contribution in [-0.2, 0) is 0 Å². The van der Waals surface area contributed by atoms with E-state index in [1.807, 2.05) is 4.31 Å². The van der Waals surface area contributed by atoms with Crippen LogP contribution in [0.4, 0.5) is 0 Å². The minimum atomic E-state index is 0.270. The zero-order valence-corrected chi connectivity index (χ0v) is 6.93. The van der Waals surface area contributed by atoms with Gasteiger partial charge in [0.2, 0.25) is 0 Å². The van der Waals surface area contributed by atoms with Crippen LogP contribution >= 0.6 is 12.8 Å². The Kier molecular flexibility index (Phi) is 3.48. The summed E-state index contributed by atoms with van der Waals surface area (Å²) in [5, 5.41) is 8.61. The molecule has 1 fully saturated rings. The Morgan fingerprint density at radius 1 is 1.20 bits per heavy atom. The van der Waals surface area contributed by atoms with E-state index in [1.165, 1.54) is 0 Å². The number of thiol groups is 1. The predicted molar refractivity (Wildman–Crippen MR) is 44.1 cm³/mol. The van der Waals surface area contributed by atoms with Crippen molar-refractivity contribution in [2.45, 2.75) is 0 Å². The number of hydrogen-bond acceptors (Lipinski definition) is 4. The van der Waals surface area contributed by atoms with Gasteiger partial charge in [0.1, 0.15) is 0 Å². The van der Waals surface area contributed by atoms with Gasteiger partial charge in [-0.05, 0) is 0 Å². The second kappa shape index (κ2) is 4.18. The third-order valence-electron chi connectivity index (χ3n) is 1.76. The molecule has 0 aromatic carbocycles. The molecule has 1 aliphatic rings. The van der Waals surface area contributed by atoms with Crippen molar-refractivity contribution in [1.29, 1.82) is 0 Å². The molecule has 0 saturated carbocycles. The second-order valence-corrected chi connectivity index (χ2v) is 3.08. The number of rotatable bonds is 2. The highest BCUT2D eigenvalue weighted by Crippen LogP contribution is 2.01. The van der Waals surface area contributed by atoms with E-state index >= 15 is 0 Å². The van der Waals surface area contributed by atoms with Crippen LogP contribution in [-0.4, -0.2) is 53.6 Å². The molecule has 1 saturated heterocycles. The first kappa shape index (κ1) is 8.33. The molecule has 10 heavy (non-hydrogen) atoms. The van der Waals surface area contributed by atoms with Crippen molar-refractivity contribution >= 4 is 12.8 Å². The smallest absolute Gasteiger partial charge is 0.0558 e. The van der Waals surface area contributed by atoms with E-state index in [0.29, 0.717) is 0 Å². The lowest BCUT2D eigenvalue weighted by molar-refractivity contribution is 0.156. The summed E-state index contributed by atoms with van der Waals surface area (Å²) in [5.74, 6) is 0. The van der Waals surface area contributed by atoms with Gasteiger partial charge in [-0.15, -0.1) is 0 Å². The van der Waals surface area contributed by atoms with Crippen molar-refractivity contribution < 1.29 is 5.11 Å². The standard InChI is InChI=1S/C6H14N2OS/c9-6-5-7-1-3-8(10)4-2-7/h9-10H,1-6H2. The summed E-state index contributed by atoms with van der Waals surface area (Å²) in [5.41, 5.74) is 0. The molecule has 1 aliphatic heterocycles. The van der Waals surface area contributed by atoms with Crippen molar-refractivity contribution in [3.63, 3.8) is 0 Å². The molecule has 0 radical (unpaired) electrons. The van der Waals surface area contributed by atoms with E-state index in [9.17, 15) is 0 Å². The van der Waals surface area contributed by atoms with Crippen LogP contribution in [0.5, 0.6) is 0 Å². The summed E-state index contributed by atoms with van der Waals surface area (Å²) in [6.07, 6.45) is 0. The fourth-order valence-corrected chi connectivity index (χ4v) is 1.28. The van der Waals surface area contributed by atoms with Crippen LogP contribution in [0.1, 0.15) is 0 Å². The summed E-state index contributed by atoms with van der Waals surface area (Å²) in [4.78, 5) is 2.24. The molecule has 0 spiro atoms. The van der Waals surface area contributed by atoms with Crippen LogP contribution in [0.3, 0.4) is 0 Å². The molecule has 0 aromatic heterocycles. The lowest BCUT2D eigenvalue weighted by Crippen LogP contribution is -2.43. The number of β-amino-alcohol motifs (C(OH)–C–C–N with tert-alkyl or cyclic N) is 1. The van der Waals surface area contributed by atoms with Gasteiger partial charge in [-0.2, -0.15) is 0 Å². The van der Waals surface area contributed by atoms with Gasteiger partial charge in [-0.3, -0.25) is 9.21 Å². The van der Waals surface area contributed by atoms with Crippen molar-refractivity contribution in [2.24, 2.45) is 0 Å². The monoisotopic (exact) mass is 162 g/mol. The molecule has 0 unspecified atom stereocenters. The molecular formula is C6H14N2OS. The second-order valence-electron chi connectivity index (χ2n) is 2.52. The van der Waals surface area contributed by atoms with Gasteiger partial charge in [0.05, 0.1) is 6.61 Å². The van der Waals surface area contributed by atoms with Crippen LogP contribution in [0.25, 0.3) is 0 Å². The Morgan fingerprint density at radius 3 is 2.30 bits per heavy atom. The van der Waals surface area contributed by atoms with Crippen molar-refractivity contribution in [3.05, 3.63) is 0 Å². The van der Waals surface area contributed by atoms with E-state index in [0.717, 1.165) is 32.7 Å². The maximum absolute atomic E-state index is 8.61. The largest absolute Gasteiger partial charge is 0.395 e. The van der Waals surface area contributed by atoms with Crippen molar-refractivity contribution in [1.82, 2.24) is 9.21 Å². The topological polar surface area (TPSA) is 26.7 Å². The Labute approximate surface area is 67.2 Å². The van der Waals surface area contributed by atoms with Crippen LogP contribution < -0.4 is 0 Å². The summed E-state index contributed by atoms with van der Waals surface area (Å²) in [6.45, 7) is 5.15. The number of aliphatic hydroxyl groups excluding tert-OH is 1. The minimum Gasteiger partial charge on any atom is -0.395 e. The summed E-state index contributed by atoms with van der Waals surface area (Å²) >= 11 is 4.21. The Balaban J connectivity index is 2.13. The van der Waals surface area contributed by atoms with Crippen LogP contribution in [0.2, 0.25) is 0 Å². The van der Waals surface area contributed by atoms with E-state index in [1.54, 1.807) is 0 Å². The molecule has 1 rings (SSSR count). The maximum atomic E-state index is 8.61. The Morgan fingerprint density at radius 2 is 1.80 bits per heavy atom. The highest BCUT2D eigenvalue weighted by molar-refractivity contribution is 7.77. The van der Waals surface area contributed by atoms with Crippen LogP contribution in [0.15, 0.2) is 0 Å². The fraction of sp³-hybridized carbons (Fsp3) is 1.00. The Bertz CT molecular complexity index is 93.7. The lowest BCUT2D eigenvalue weighted by atomic mass is 10.4. The zero-order valence-electron chi connectivity index (χ0n) is 6.03. The molecule has 0 bridgehead atoms. The van der Waals surface area contributed by atoms with Gasteiger partial charge >= 0.3 is 0 Å². The molecule has 0 amide bonds. The number of nitrogens with zero attached hydrogens (tertiary/aromatic N) is 2. The molecular weight excluding hydrogens is 148 g/mol. The number of aliphatic hydroxyl groups is 1. The molecule has 1 heterocycles. The van der Waals surface area contributed by atoms with Gasteiger partial charge in [0.15, 0.2) is 0 Å². The molecule has 0 aliphatic carbocycles. The van der Waals surface area contributed by atoms with Gasteiger partial charge in [-0.25, -0.2) is 0 Å².